The molecule has 1 saturated carbocycles. The van der Waals surface area contributed by atoms with E-state index in [1.54, 1.807) is 24.3 Å². The Kier molecular flexibility index (Phi) is 7.83. The van der Waals surface area contributed by atoms with Crippen molar-refractivity contribution < 1.29 is 36.2 Å². The number of carbonyl (C=O) groups excluding carboxylic acids is 1. The molecule has 2 aromatic rings. The molecule has 4 nitrogen and oxygen atoms in total. The summed E-state index contributed by atoms with van der Waals surface area (Å²) < 4.78 is 80.3. The second-order valence-electron chi connectivity index (χ2n) is 11.6. The standard InChI is InChI=1S/C30H36F5NO3/c1-29(31,32)27-25-8-3-5-18(17-36-21-6-4-7-22(36)16-19(15-21)28(37)38-2)24(25)13-14-26(27)39-23-11-9-20(10-12-23)30(33,34)35/h3,5,8,13-14,19-23H,4,6-7,9-12,15-17H2,1-2H3. The lowest BCUT2D eigenvalue weighted by Gasteiger charge is -2.48. The number of alkyl halides is 5. The highest BCUT2D eigenvalue weighted by Gasteiger charge is 2.43. The molecule has 5 rings (SSSR count). The Bertz CT molecular complexity index is 1170. The molecule has 2 heterocycles. The predicted octanol–water partition coefficient (Wildman–Crippen LogP) is 7.76. The molecule has 1 aliphatic carbocycles. The van der Waals surface area contributed by atoms with Crippen molar-refractivity contribution in [1.29, 1.82) is 0 Å². The molecule has 3 fully saturated rings. The molecule has 2 aromatic carbocycles. The van der Waals surface area contributed by atoms with Gasteiger partial charge in [0.25, 0.3) is 5.92 Å². The first-order valence-electron chi connectivity index (χ1n) is 14.0. The van der Waals surface area contributed by atoms with Crippen LogP contribution in [-0.2, 0) is 22.0 Å². The van der Waals surface area contributed by atoms with Crippen LogP contribution in [0.25, 0.3) is 10.8 Å². The number of fused-ring (bicyclic) bond motifs is 3. The minimum absolute atomic E-state index is 0.0402. The lowest BCUT2D eigenvalue weighted by molar-refractivity contribution is -0.185. The Morgan fingerprint density at radius 3 is 2.18 bits per heavy atom. The number of halogens is 5. The Morgan fingerprint density at radius 2 is 1.59 bits per heavy atom. The number of nitrogens with zero attached hydrogens (tertiary/aromatic N) is 1. The predicted molar refractivity (Wildman–Crippen MR) is 138 cm³/mol. The minimum Gasteiger partial charge on any atom is -0.490 e. The summed E-state index contributed by atoms with van der Waals surface area (Å²) >= 11 is 0. The lowest BCUT2D eigenvalue weighted by Crippen LogP contribution is -2.52. The molecule has 39 heavy (non-hydrogen) atoms. The van der Waals surface area contributed by atoms with Gasteiger partial charge in [-0.3, -0.25) is 9.69 Å². The van der Waals surface area contributed by atoms with Crippen molar-refractivity contribution >= 4 is 16.7 Å². The first-order chi connectivity index (χ1) is 18.5. The van der Waals surface area contributed by atoms with Crippen molar-refractivity contribution in [1.82, 2.24) is 4.90 Å². The summed E-state index contributed by atoms with van der Waals surface area (Å²) in [6.07, 6.45) is 0.0394. The van der Waals surface area contributed by atoms with Crippen molar-refractivity contribution in [2.75, 3.05) is 7.11 Å². The van der Waals surface area contributed by atoms with Crippen LogP contribution in [0.1, 0.15) is 75.8 Å². The number of hydrogen-bond acceptors (Lipinski definition) is 4. The van der Waals surface area contributed by atoms with Gasteiger partial charge < -0.3 is 9.47 Å². The highest BCUT2D eigenvalue weighted by atomic mass is 19.4. The van der Waals surface area contributed by atoms with Gasteiger partial charge in [-0.05, 0) is 73.8 Å². The average molecular weight is 554 g/mol. The number of piperidine rings is 2. The molecule has 0 radical (unpaired) electrons. The Morgan fingerprint density at radius 1 is 0.923 bits per heavy atom. The second-order valence-corrected chi connectivity index (χ2v) is 11.6. The van der Waals surface area contributed by atoms with Crippen molar-refractivity contribution in [3.63, 3.8) is 0 Å². The fourth-order valence-corrected chi connectivity index (χ4v) is 7.07. The zero-order chi connectivity index (χ0) is 27.9. The highest BCUT2D eigenvalue weighted by Crippen LogP contribution is 2.45. The van der Waals surface area contributed by atoms with Crippen LogP contribution in [0.3, 0.4) is 0 Å². The molecular weight excluding hydrogens is 517 g/mol. The van der Waals surface area contributed by atoms with Crippen LogP contribution in [-0.4, -0.2) is 42.3 Å². The van der Waals surface area contributed by atoms with Gasteiger partial charge in [0.05, 0.1) is 30.6 Å². The van der Waals surface area contributed by atoms with Crippen molar-refractivity contribution in [2.45, 2.75) is 102 Å². The topological polar surface area (TPSA) is 38.8 Å². The Balaban J connectivity index is 1.40. The van der Waals surface area contributed by atoms with Crippen molar-refractivity contribution in [2.24, 2.45) is 11.8 Å². The van der Waals surface area contributed by atoms with Gasteiger partial charge in [-0.1, -0.05) is 30.7 Å². The largest absolute Gasteiger partial charge is 0.490 e. The summed E-state index contributed by atoms with van der Waals surface area (Å²) in [6, 6.07) is 9.23. The molecule has 2 atom stereocenters. The number of benzene rings is 2. The van der Waals surface area contributed by atoms with Gasteiger partial charge in [-0.25, -0.2) is 8.78 Å². The van der Waals surface area contributed by atoms with Crippen LogP contribution < -0.4 is 4.74 Å². The van der Waals surface area contributed by atoms with E-state index in [2.05, 4.69) is 4.90 Å². The van der Waals surface area contributed by atoms with Crippen molar-refractivity contribution in [3.05, 3.63) is 41.5 Å². The molecule has 2 saturated heterocycles. The summed E-state index contributed by atoms with van der Waals surface area (Å²) in [5.74, 6) is -4.79. The minimum atomic E-state index is -4.24. The van der Waals surface area contributed by atoms with E-state index < -0.39 is 24.1 Å². The summed E-state index contributed by atoms with van der Waals surface area (Å²) in [5.41, 5.74) is 0.716. The molecular formula is C30H36F5NO3. The van der Waals surface area contributed by atoms with Crippen LogP contribution in [0.2, 0.25) is 0 Å². The second kappa shape index (κ2) is 10.9. The normalized spacial score (nSPS) is 28.3. The molecule has 0 spiro atoms. The van der Waals surface area contributed by atoms with Crippen LogP contribution >= 0.6 is 0 Å². The van der Waals surface area contributed by atoms with E-state index >= 15 is 8.78 Å². The third-order valence-electron chi connectivity index (χ3n) is 9.00. The van der Waals surface area contributed by atoms with Gasteiger partial charge >= 0.3 is 12.1 Å². The van der Waals surface area contributed by atoms with Crippen LogP contribution in [0.4, 0.5) is 22.0 Å². The van der Waals surface area contributed by atoms with Crippen LogP contribution in [0.15, 0.2) is 30.3 Å². The van der Waals surface area contributed by atoms with Gasteiger partial charge in [0, 0.05) is 25.6 Å². The van der Waals surface area contributed by atoms with Crippen LogP contribution in [0.5, 0.6) is 5.75 Å². The maximum atomic E-state index is 15.1. The molecule has 214 valence electrons. The maximum Gasteiger partial charge on any atom is 0.391 e. The van der Waals surface area contributed by atoms with Gasteiger partial charge in [0.2, 0.25) is 0 Å². The molecule has 2 bridgehead atoms. The third-order valence-corrected chi connectivity index (χ3v) is 9.00. The quantitative estimate of drug-likeness (QED) is 0.271. The zero-order valence-electron chi connectivity index (χ0n) is 22.4. The SMILES string of the molecule is COC(=O)C1CC2CCCC(C1)N2Cc1cccc2c(C(C)(F)F)c(OC3CCC(C(F)(F)F)CC3)ccc12. The third kappa shape index (κ3) is 5.88. The number of rotatable bonds is 6. The molecule has 0 aromatic heterocycles. The average Bonchev–Trinajstić information content (AvgIpc) is 2.87. The van der Waals surface area contributed by atoms with E-state index in [-0.39, 0.29) is 61.0 Å². The molecule has 0 N–H and O–H groups in total. The summed E-state index contributed by atoms with van der Waals surface area (Å²) in [5, 5.41) is 1.12. The number of esters is 1. The van der Waals surface area contributed by atoms with Crippen molar-refractivity contribution in [3.8, 4) is 5.75 Å². The summed E-state index contributed by atoms with van der Waals surface area (Å²) in [6.45, 7) is 1.43. The lowest BCUT2D eigenvalue weighted by atomic mass is 9.78. The molecule has 2 aliphatic heterocycles. The first-order valence-corrected chi connectivity index (χ1v) is 14.0. The summed E-state index contributed by atoms with van der Waals surface area (Å²) in [7, 11) is 1.42. The van der Waals surface area contributed by atoms with E-state index in [1.807, 2.05) is 6.07 Å². The van der Waals surface area contributed by atoms with Gasteiger partial charge in [-0.2, -0.15) is 13.2 Å². The molecule has 9 heteroatoms. The molecule has 0 amide bonds. The van der Waals surface area contributed by atoms with Crippen LogP contribution in [0, 0.1) is 11.8 Å². The van der Waals surface area contributed by atoms with Gasteiger partial charge in [-0.15, -0.1) is 0 Å². The zero-order valence-corrected chi connectivity index (χ0v) is 22.4. The first kappa shape index (κ1) is 28.1. The highest BCUT2D eigenvalue weighted by molar-refractivity contribution is 5.91. The summed E-state index contributed by atoms with van der Waals surface area (Å²) in [4.78, 5) is 14.7. The Labute approximate surface area is 225 Å². The van der Waals surface area contributed by atoms with Gasteiger partial charge in [0.15, 0.2) is 0 Å². The number of ether oxygens (including phenoxy) is 2. The number of hydrogen-bond donors (Lipinski definition) is 0. The molecule has 2 unspecified atom stereocenters. The fraction of sp³-hybridized carbons (Fsp3) is 0.633. The monoisotopic (exact) mass is 553 g/mol. The number of methoxy groups -OCH3 is 1. The molecule has 3 aliphatic rings. The fourth-order valence-electron chi connectivity index (χ4n) is 7.07. The number of carbonyl (C=O) groups is 1. The van der Waals surface area contributed by atoms with E-state index in [9.17, 15) is 18.0 Å². The van der Waals surface area contributed by atoms with E-state index in [4.69, 9.17) is 9.47 Å². The van der Waals surface area contributed by atoms with E-state index in [0.29, 0.717) is 11.9 Å². The maximum absolute atomic E-state index is 15.1. The smallest absolute Gasteiger partial charge is 0.391 e. The Hall–Kier alpha value is -2.42. The van der Waals surface area contributed by atoms with Gasteiger partial charge in [0.1, 0.15) is 5.75 Å². The van der Waals surface area contributed by atoms with E-state index in [0.717, 1.165) is 50.0 Å². The van der Waals surface area contributed by atoms with E-state index in [1.165, 1.54) is 7.11 Å².